The van der Waals surface area contributed by atoms with Gasteiger partial charge in [0.1, 0.15) is 0 Å². The average molecular weight is 278 g/mol. The van der Waals surface area contributed by atoms with Gasteiger partial charge in [0.05, 0.1) is 0 Å². The Bertz CT molecular complexity index is 501. The molecule has 20 heavy (non-hydrogen) atoms. The van der Waals surface area contributed by atoms with Gasteiger partial charge in [-0.05, 0) is 30.7 Å². The molecule has 1 saturated heterocycles. The molecule has 1 aliphatic rings. The van der Waals surface area contributed by atoms with E-state index >= 15 is 0 Å². The predicted molar refractivity (Wildman–Crippen MR) is 81.9 cm³/mol. The number of piperidine rings is 1. The molecule has 2 heterocycles. The molecule has 1 aromatic heterocycles. The topological polar surface area (TPSA) is 64.2 Å². The molecule has 1 aliphatic heterocycles. The molecule has 5 heteroatoms. The third kappa shape index (κ3) is 3.20. The molecule has 0 amide bonds. The fourth-order valence-corrected chi connectivity index (χ4v) is 2.65. The van der Waals surface area contributed by atoms with Crippen LogP contribution in [0.3, 0.4) is 0 Å². The van der Waals surface area contributed by atoms with Crippen LogP contribution in [0.25, 0.3) is 0 Å². The molecule has 0 aromatic carbocycles. The first-order valence-corrected chi connectivity index (χ1v) is 7.46. The van der Waals surface area contributed by atoms with Crippen molar-refractivity contribution in [3.05, 3.63) is 22.7 Å². The molecular formula is C15H26N4O. The van der Waals surface area contributed by atoms with Crippen molar-refractivity contribution in [1.82, 2.24) is 9.55 Å². The molecule has 0 bridgehead atoms. The second-order valence-corrected chi connectivity index (χ2v) is 6.60. The number of hydrogen-bond acceptors (Lipinski definition) is 4. The van der Waals surface area contributed by atoms with Crippen LogP contribution in [0.15, 0.2) is 17.2 Å². The van der Waals surface area contributed by atoms with Gasteiger partial charge in [0.2, 0.25) is 0 Å². The van der Waals surface area contributed by atoms with Crippen molar-refractivity contribution in [1.29, 1.82) is 0 Å². The third-order valence-corrected chi connectivity index (χ3v) is 4.22. The molecule has 2 N–H and O–H groups in total. The predicted octanol–water partition coefficient (Wildman–Crippen LogP) is 1.46. The van der Waals surface area contributed by atoms with Crippen LogP contribution in [0, 0.1) is 11.3 Å². The molecule has 1 fully saturated rings. The Morgan fingerprint density at radius 3 is 2.60 bits per heavy atom. The Labute approximate surface area is 120 Å². The van der Waals surface area contributed by atoms with Crippen molar-refractivity contribution in [3.63, 3.8) is 0 Å². The lowest BCUT2D eigenvalue weighted by Crippen LogP contribution is -2.45. The minimum Gasteiger partial charge on any atom is -0.352 e. The number of hydrogen-bond donors (Lipinski definition) is 1. The summed E-state index contributed by atoms with van der Waals surface area (Å²) in [6.45, 7) is 9.62. The van der Waals surface area contributed by atoms with Crippen molar-refractivity contribution in [2.75, 3.05) is 24.5 Å². The molecule has 1 aromatic rings. The van der Waals surface area contributed by atoms with Gasteiger partial charge in [-0.3, -0.25) is 4.79 Å². The summed E-state index contributed by atoms with van der Waals surface area (Å²) in [6.07, 6.45) is 5.54. The number of anilines is 1. The summed E-state index contributed by atoms with van der Waals surface area (Å²) >= 11 is 0. The van der Waals surface area contributed by atoms with Crippen molar-refractivity contribution in [3.8, 4) is 0 Å². The number of nitrogens with zero attached hydrogens (tertiary/aromatic N) is 3. The summed E-state index contributed by atoms with van der Waals surface area (Å²) in [5.41, 5.74) is 6.07. The lowest BCUT2D eigenvalue weighted by molar-refractivity contribution is 0.257. The van der Waals surface area contributed by atoms with Gasteiger partial charge in [0.15, 0.2) is 5.82 Å². The van der Waals surface area contributed by atoms with Crippen LogP contribution >= 0.6 is 0 Å². The fourth-order valence-electron chi connectivity index (χ4n) is 2.65. The Kier molecular flexibility index (Phi) is 4.48. The van der Waals surface area contributed by atoms with E-state index in [1.54, 1.807) is 17.0 Å². The lowest BCUT2D eigenvalue weighted by atomic mass is 9.80. The first kappa shape index (κ1) is 15.0. The number of rotatable bonds is 4. The molecule has 0 atom stereocenters. The van der Waals surface area contributed by atoms with E-state index in [0.29, 0.717) is 18.3 Å². The van der Waals surface area contributed by atoms with Crippen LogP contribution < -0.4 is 16.2 Å². The monoisotopic (exact) mass is 278 g/mol. The zero-order chi connectivity index (χ0) is 14.8. The van der Waals surface area contributed by atoms with Gasteiger partial charge in [-0.2, -0.15) is 0 Å². The zero-order valence-electron chi connectivity index (χ0n) is 12.8. The molecule has 0 aliphatic carbocycles. The third-order valence-electron chi connectivity index (χ3n) is 4.22. The van der Waals surface area contributed by atoms with Gasteiger partial charge in [0, 0.05) is 32.0 Å². The Balaban J connectivity index is 2.16. The summed E-state index contributed by atoms with van der Waals surface area (Å²) in [6, 6.07) is 0. The second kappa shape index (κ2) is 5.95. The Hall–Kier alpha value is -1.36. The van der Waals surface area contributed by atoms with Crippen molar-refractivity contribution in [2.45, 2.75) is 40.2 Å². The van der Waals surface area contributed by atoms with Gasteiger partial charge in [0.25, 0.3) is 5.56 Å². The summed E-state index contributed by atoms with van der Waals surface area (Å²) in [5.74, 6) is 1.04. The average Bonchev–Trinajstić information content (AvgIpc) is 2.42. The van der Waals surface area contributed by atoms with E-state index in [1.807, 2.05) is 0 Å². The molecule has 112 valence electrons. The second-order valence-electron chi connectivity index (χ2n) is 6.60. The van der Waals surface area contributed by atoms with Crippen LogP contribution in [0.2, 0.25) is 0 Å². The highest BCUT2D eigenvalue weighted by atomic mass is 16.1. The van der Waals surface area contributed by atoms with Crippen LogP contribution in [0.5, 0.6) is 0 Å². The largest absolute Gasteiger partial charge is 0.352 e. The molecule has 0 spiro atoms. The van der Waals surface area contributed by atoms with Crippen LogP contribution in [-0.2, 0) is 6.54 Å². The zero-order valence-corrected chi connectivity index (χ0v) is 12.8. The first-order valence-electron chi connectivity index (χ1n) is 7.46. The Morgan fingerprint density at radius 1 is 1.40 bits per heavy atom. The van der Waals surface area contributed by atoms with E-state index in [9.17, 15) is 4.79 Å². The van der Waals surface area contributed by atoms with Crippen molar-refractivity contribution in [2.24, 2.45) is 17.1 Å². The summed E-state index contributed by atoms with van der Waals surface area (Å²) in [5, 5.41) is 0. The molecule has 0 saturated carbocycles. The maximum atomic E-state index is 12.5. The van der Waals surface area contributed by atoms with Gasteiger partial charge >= 0.3 is 0 Å². The standard InChI is InChI=1S/C15H26N4O/c1-12(2)10-19-9-6-17-13(14(19)20)18-7-4-15(3,11-16)5-8-18/h6,9,12H,4-5,7-8,10-11,16H2,1-3H3. The van der Waals surface area contributed by atoms with E-state index < -0.39 is 0 Å². The van der Waals surface area contributed by atoms with Crippen molar-refractivity contribution >= 4 is 5.82 Å². The first-order chi connectivity index (χ1) is 9.45. The smallest absolute Gasteiger partial charge is 0.293 e. The van der Waals surface area contributed by atoms with Gasteiger partial charge in [-0.15, -0.1) is 0 Å². The van der Waals surface area contributed by atoms with E-state index in [1.165, 1.54) is 0 Å². The van der Waals surface area contributed by atoms with Gasteiger partial charge in [-0.1, -0.05) is 20.8 Å². The molecule has 2 rings (SSSR count). The quantitative estimate of drug-likeness (QED) is 0.905. The lowest BCUT2D eigenvalue weighted by Gasteiger charge is -2.38. The normalized spacial score (nSPS) is 18.6. The van der Waals surface area contributed by atoms with Gasteiger partial charge in [-0.25, -0.2) is 4.98 Å². The molecule has 5 nitrogen and oxygen atoms in total. The van der Waals surface area contributed by atoms with Crippen LogP contribution in [-0.4, -0.2) is 29.2 Å². The van der Waals surface area contributed by atoms with Gasteiger partial charge < -0.3 is 15.2 Å². The SMILES string of the molecule is CC(C)Cn1ccnc(N2CCC(C)(CN)CC2)c1=O. The van der Waals surface area contributed by atoms with E-state index in [2.05, 4.69) is 30.7 Å². The van der Waals surface area contributed by atoms with Crippen LogP contribution in [0.4, 0.5) is 5.82 Å². The molecular weight excluding hydrogens is 252 g/mol. The summed E-state index contributed by atoms with van der Waals surface area (Å²) in [7, 11) is 0. The number of aromatic nitrogens is 2. The molecule has 0 unspecified atom stereocenters. The highest BCUT2D eigenvalue weighted by Crippen LogP contribution is 2.30. The highest BCUT2D eigenvalue weighted by molar-refractivity contribution is 5.36. The fraction of sp³-hybridized carbons (Fsp3) is 0.733. The van der Waals surface area contributed by atoms with E-state index in [4.69, 9.17) is 5.73 Å². The molecule has 0 radical (unpaired) electrons. The maximum Gasteiger partial charge on any atom is 0.293 e. The van der Waals surface area contributed by atoms with Crippen molar-refractivity contribution < 1.29 is 0 Å². The van der Waals surface area contributed by atoms with E-state index in [0.717, 1.165) is 32.5 Å². The highest BCUT2D eigenvalue weighted by Gasteiger charge is 2.30. The minimum absolute atomic E-state index is 0.0255. The summed E-state index contributed by atoms with van der Waals surface area (Å²) in [4.78, 5) is 18.9. The van der Waals surface area contributed by atoms with Crippen LogP contribution in [0.1, 0.15) is 33.6 Å². The number of nitrogens with two attached hydrogens (primary N) is 1. The Morgan fingerprint density at radius 2 is 2.05 bits per heavy atom. The maximum absolute atomic E-state index is 12.5. The van der Waals surface area contributed by atoms with E-state index in [-0.39, 0.29) is 11.0 Å². The minimum atomic E-state index is 0.0255. The summed E-state index contributed by atoms with van der Waals surface area (Å²) < 4.78 is 1.77.